The van der Waals surface area contributed by atoms with Crippen molar-refractivity contribution in [2.75, 3.05) is 19.8 Å². The molecule has 3 unspecified atom stereocenters. The molecule has 4 rings (SSSR count). The van der Waals surface area contributed by atoms with Crippen LogP contribution in [-0.2, 0) is 19.1 Å². The van der Waals surface area contributed by atoms with Crippen LogP contribution in [0, 0.1) is 0 Å². The van der Waals surface area contributed by atoms with Gasteiger partial charge in [0.05, 0.1) is 12.6 Å². The lowest BCUT2D eigenvalue weighted by atomic mass is 9.98. The second kappa shape index (κ2) is 9.21. The van der Waals surface area contributed by atoms with Crippen LogP contribution in [0.3, 0.4) is 0 Å². The Kier molecular flexibility index (Phi) is 6.35. The first kappa shape index (κ1) is 22.8. The minimum Gasteiger partial charge on any atom is -0.479 e. The van der Waals surface area contributed by atoms with E-state index in [4.69, 9.17) is 9.47 Å². The van der Waals surface area contributed by atoms with E-state index in [1.807, 2.05) is 48.5 Å². The van der Waals surface area contributed by atoms with Crippen LogP contribution < -0.4 is 10.6 Å². The smallest absolute Gasteiger partial charge is 0.407 e. The van der Waals surface area contributed by atoms with Gasteiger partial charge in [0.1, 0.15) is 6.61 Å². The number of carboxylic acids is 1. The highest BCUT2D eigenvalue weighted by molar-refractivity contribution is 5.90. The quantitative estimate of drug-likeness (QED) is 0.500. The van der Waals surface area contributed by atoms with E-state index in [9.17, 15) is 24.6 Å². The largest absolute Gasteiger partial charge is 0.479 e. The molecule has 2 aliphatic rings. The number of benzene rings is 2. The average Bonchev–Trinajstić information content (AvgIpc) is 3.40. The summed E-state index contributed by atoms with van der Waals surface area (Å²) >= 11 is 0. The number of fused-ring (bicyclic) bond motifs is 3. The van der Waals surface area contributed by atoms with Crippen LogP contribution in [0.4, 0.5) is 4.79 Å². The number of aliphatic hydroxyl groups is 1. The number of aliphatic hydroxyl groups excluding tert-OH is 1. The van der Waals surface area contributed by atoms with Crippen LogP contribution in [0.15, 0.2) is 48.5 Å². The Hall–Kier alpha value is -3.43. The molecule has 0 aromatic heterocycles. The number of aliphatic carboxylic acids is 1. The van der Waals surface area contributed by atoms with Gasteiger partial charge in [0.25, 0.3) is 5.91 Å². The van der Waals surface area contributed by atoms with Crippen LogP contribution in [0.1, 0.15) is 30.4 Å². The molecular formula is C24H26N2O7. The van der Waals surface area contributed by atoms with E-state index in [0.29, 0.717) is 6.42 Å². The van der Waals surface area contributed by atoms with Crippen LogP contribution in [0.25, 0.3) is 11.1 Å². The van der Waals surface area contributed by atoms with Gasteiger partial charge in [-0.25, -0.2) is 9.59 Å². The molecule has 0 spiro atoms. The number of hydrogen-bond donors (Lipinski definition) is 4. The van der Waals surface area contributed by atoms with Crippen molar-refractivity contribution in [1.82, 2.24) is 10.6 Å². The number of carboxylic acid groups (broad SMARTS) is 1. The molecule has 4 N–H and O–H groups in total. The maximum absolute atomic E-state index is 12.6. The summed E-state index contributed by atoms with van der Waals surface area (Å²) in [6, 6.07) is 15.3. The summed E-state index contributed by atoms with van der Waals surface area (Å²) < 4.78 is 10.9. The molecule has 2 aromatic carbocycles. The molecule has 2 amide bonds. The van der Waals surface area contributed by atoms with Crippen molar-refractivity contribution in [2.24, 2.45) is 0 Å². The third-order valence-corrected chi connectivity index (χ3v) is 6.18. The number of carbonyl (C=O) groups is 3. The molecule has 0 bridgehead atoms. The predicted octanol–water partition coefficient (Wildman–Crippen LogP) is 1.63. The van der Waals surface area contributed by atoms with Gasteiger partial charge >= 0.3 is 12.1 Å². The highest BCUT2D eigenvalue weighted by atomic mass is 16.6. The Balaban J connectivity index is 1.38. The summed E-state index contributed by atoms with van der Waals surface area (Å²) in [4.78, 5) is 36.4. The Labute approximate surface area is 190 Å². The zero-order valence-corrected chi connectivity index (χ0v) is 18.1. The monoisotopic (exact) mass is 454 g/mol. The second-order valence-electron chi connectivity index (χ2n) is 8.44. The molecule has 0 saturated carbocycles. The van der Waals surface area contributed by atoms with Gasteiger partial charge in [-0.1, -0.05) is 48.5 Å². The number of amides is 2. The van der Waals surface area contributed by atoms with Gasteiger partial charge in [0, 0.05) is 12.5 Å². The van der Waals surface area contributed by atoms with Gasteiger partial charge in [-0.2, -0.15) is 0 Å². The van der Waals surface area contributed by atoms with Crippen LogP contribution in [0.5, 0.6) is 0 Å². The normalized spacial score (nSPS) is 20.9. The summed E-state index contributed by atoms with van der Waals surface area (Å²) in [6.07, 6.45) is -1.41. The standard InChI is InChI=1S/C24H26N2O7/c1-24(13-27,22(29)30)26-21(28)20-19(10-11-32-20)25-23(31)33-12-18-16-8-4-2-6-14(16)15-7-3-5-9-17(15)18/h2-9,18-20,27H,10-13H2,1H3,(H,25,31)(H,26,28)(H,29,30). The molecule has 9 heteroatoms. The Morgan fingerprint density at radius 2 is 1.70 bits per heavy atom. The fourth-order valence-electron chi connectivity index (χ4n) is 4.29. The Bertz CT molecular complexity index is 1030. The molecule has 1 saturated heterocycles. The third kappa shape index (κ3) is 4.42. The first-order valence-corrected chi connectivity index (χ1v) is 10.7. The van der Waals surface area contributed by atoms with E-state index >= 15 is 0 Å². The van der Waals surface area contributed by atoms with E-state index in [1.54, 1.807) is 0 Å². The van der Waals surface area contributed by atoms with Gasteiger partial charge < -0.3 is 30.3 Å². The lowest BCUT2D eigenvalue weighted by Gasteiger charge is -2.27. The van der Waals surface area contributed by atoms with Gasteiger partial charge in [0.2, 0.25) is 0 Å². The summed E-state index contributed by atoms with van der Waals surface area (Å²) in [5, 5.41) is 23.5. The molecule has 2 aromatic rings. The predicted molar refractivity (Wildman–Crippen MR) is 118 cm³/mol. The van der Waals surface area contributed by atoms with E-state index in [0.717, 1.165) is 22.3 Å². The average molecular weight is 454 g/mol. The number of ether oxygens (including phenoxy) is 2. The minimum absolute atomic E-state index is 0.0945. The first-order valence-electron chi connectivity index (χ1n) is 10.7. The molecule has 1 heterocycles. The second-order valence-corrected chi connectivity index (χ2v) is 8.44. The highest BCUT2D eigenvalue weighted by Gasteiger charge is 2.41. The molecule has 1 aliphatic carbocycles. The van der Waals surface area contributed by atoms with Gasteiger partial charge in [-0.15, -0.1) is 0 Å². The molecule has 33 heavy (non-hydrogen) atoms. The SMILES string of the molecule is CC(CO)(NC(=O)C1OCCC1NC(=O)OCC1c2ccccc2-c2ccccc21)C(=O)O. The Morgan fingerprint density at radius 3 is 2.27 bits per heavy atom. The number of carbonyl (C=O) groups excluding carboxylic acids is 2. The first-order chi connectivity index (χ1) is 15.8. The van der Waals surface area contributed by atoms with Gasteiger partial charge in [-0.3, -0.25) is 4.79 Å². The van der Waals surface area contributed by atoms with Crippen molar-refractivity contribution in [2.45, 2.75) is 36.9 Å². The van der Waals surface area contributed by atoms with Crippen molar-refractivity contribution < 1.29 is 34.1 Å². The minimum atomic E-state index is -1.85. The zero-order valence-electron chi connectivity index (χ0n) is 18.1. The number of nitrogens with one attached hydrogen (secondary N) is 2. The van der Waals surface area contributed by atoms with Gasteiger partial charge in [-0.05, 0) is 35.6 Å². The molecule has 0 radical (unpaired) electrons. The van der Waals surface area contributed by atoms with Crippen molar-refractivity contribution in [3.63, 3.8) is 0 Å². The summed E-state index contributed by atoms with van der Waals surface area (Å²) in [5.41, 5.74) is 2.56. The zero-order chi connectivity index (χ0) is 23.6. The molecular weight excluding hydrogens is 428 g/mol. The number of rotatable bonds is 7. The molecule has 3 atom stereocenters. The summed E-state index contributed by atoms with van der Waals surface area (Å²) in [7, 11) is 0. The molecule has 174 valence electrons. The fourth-order valence-corrected chi connectivity index (χ4v) is 4.29. The summed E-state index contributed by atoms with van der Waals surface area (Å²) in [6.45, 7) is 0.753. The van der Waals surface area contributed by atoms with Crippen molar-refractivity contribution in [3.8, 4) is 11.1 Å². The lowest BCUT2D eigenvalue weighted by Crippen LogP contribution is -2.59. The maximum Gasteiger partial charge on any atom is 0.407 e. The van der Waals surface area contributed by atoms with Crippen molar-refractivity contribution in [1.29, 1.82) is 0 Å². The number of hydrogen-bond acceptors (Lipinski definition) is 6. The van der Waals surface area contributed by atoms with E-state index in [2.05, 4.69) is 10.6 Å². The van der Waals surface area contributed by atoms with Gasteiger partial charge in [0.15, 0.2) is 11.6 Å². The fraction of sp³-hybridized carbons (Fsp3) is 0.375. The van der Waals surface area contributed by atoms with E-state index in [1.165, 1.54) is 6.92 Å². The topological polar surface area (TPSA) is 134 Å². The third-order valence-electron chi connectivity index (χ3n) is 6.18. The number of alkyl carbamates (subject to hydrolysis) is 1. The van der Waals surface area contributed by atoms with Crippen molar-refractivity contribution >= 4 is 18.0 Å². The van der Waals surface area contributed by atoms with Crippen LogP contribution >= 0.6 is 0 Å². The molecule has 1 aliphatic heterocycles. The molecule has 9 nitrogen and oxygen atoms in total. The highest BCUT2D eigenvalue weighted by Crippen LogP contribution is 2.44. The Morgan fingerprint density at radius 1 is 1.09 bits per heavy atom. The molecule has 1 fully saturated rings. The summed E-state index contributed by atoms with van der Waals surface area (Å²) in [5.74, 6) is -2.20. The van der Waals surface area contributed by atoms with Crippen molar-refractivity contribution in [3.05, 3.63) is 59.7 Å². The van der Waals surface area contributed by atoms with Crippen LogP contribution in [-0.4, -0.2) is 65.7 Å². The maximum atomic E-state index is 12.6. The lowest BCUT2D eigenvalue weighted by molar-refractivity contribution is -0.150. The van der Waals surface area contributed by atoms with E-state index in [-0.39, 0.29) is 19.1 Å². The van der Waals surface area contributed by atoms with Crippen LogP contribution in [0.2, 0.25) is 0 Å². The van der Waals surface area contributed by atoms with E-state index < -0.39 is 42.3 Å².